The Hall–Kier alpha value is -2.37. The first-order valence-corrected chi connectivity index (χ1v) is 6.94. The van der Waals surface area contributed by atoms with Gasteiger partial charge in [-0.05, 0) is 30.5 Å². The average molecular weight is 288 g/mol. The molecule has 110 valence electrons. The van der Waals surface area contributed by atoms with Gasteiger partial charge < -0.3 is 15.3 Å². The van der Waals surface area contributed by atoms with Crippen molar-refractivity contribution in [3.05, 3.63) is 29.8 Å². The van der Waals surface area contributed by atoms with E-state index in [0.717, 1.165) is 12.0 Å². The molecule has 1 aliphatic carbocycles. The molecule has 21 heavy (non-hydrogen) atoms. The number of carboxylic acid groups (broad SMARTS) is 1. The highest BCUT2D eigenvalue weighted by Crippen LogP contribution is 2.44. The molecule has 6 heteroatoms. The molecule has 2 N–H and O–H groups in total. The molecule has 2 aliphatic rings. The van der Waals surface area contributed by atoms with E-state index in [2.05, 4.69) is 5.32 Å². The van der Waals surface area contributed by atoms with E-state index in [-0.39, 0.29) is 24.9 Å². The first kappa shape index (κ1) is 13.6. The van der Waals surface area contributed by atoms with Crippen molar-refractivity contribution in [2.45, 2.75) is 24.7 Å². The number of benzene rings is 1. The molecule has 1 aromatic carbocycles. The third-order valence-electron chi connectivity index (χ3n) is 4.39. The van der Waals surface area contributed by atoms with Crippen molar-refractivity contribution in [1.29, 1.82) is 0 Å². The third-order valence-corrected chi connectivity index (χ3v) is 4.39. The highest BCUT2D eigenvalue weighted by Gasteiger charge is 2.45. The predicted octanol–water partition coefficient (Wildman–Crippen LogP) is 0.656. The van der Waals surface area contributed by atoms with Gasteiger partial charge in [0, 0.05) is 5.69 Å². The van der Waals surface area contributed by atoms with E-state index in [1.54, 1.807) is 24.3 Å². The molecule has 6 nitrogen and oxygen atoms in total. The number of aliphatic carboxylic acids is 1. The summed E-state index contributed by atoms with van der Waals surface area (Å²) in [4.78, 5) is 36.1. The molecule has 0 radical (unpaired) electrons. The lowest BCUT2D eigenvalue weighted by molar-refractivity contribution is -0.147. The molecule has 2 fully saturated rings. The van der Waals surface area contributed by atoms with Crippen LogP contribution in [0.25, 0.3) is 0 Å². The number of carboxylic acids is 1. The Kier molecular flexibility index (Phi) is 3.16. The van der Waals surface area contributed by atoms with E-state index >= 15 is 0 Å². The van der Waals surface area contributed by atoms with Gasteiger partial charge >= 0.3 is 5.97 Å². The van der Waals surface area contributed by atoms with Crippen molar-refractivity contribution in [3.8, 4) is 0 Å². The van der Waals surface area contributed by atoms with Crippen LogP contribution < -0.4 is 10.2 Å². The summed E-state index contributed by atoms with van der Waals surface area (Å²) in [5.74, 6) is -1.16. The number of hydrogen-bond acceptors (Lipinski definition) is 3. The first-order chi connectivity index (χ1) is 10.0. The summed E-state index contributed by atoms with van der Waals surface area (Å²) in [6.07, 6.45) is 2.21. The molecule has 0 aromatic heterocycles. The molecule has 2 amide bonds. The number of nitrogens with one attached hydrogen (secondary N) is 1. The van der Waals surface area contributed by atoms with Crippen molar-refractivity contribution in [2.24, 2.45) is 0 Å². The topological polar surface area (TPSA) is 86.7 Å². The van der Waals surface area contributed by atoms with Crippen LogP contribution in [0, 0.1) is 0 Å². The maximum Gasteiger partial charge on any atom is 0.314 e. The van der Waals surface area contributed by atoms with Gasteiger partial charge in [-0.1, -0.05) is 18.6 Å². The summed E-state index contributed by atoms with van der Waals surface area (Å²) in [7, 11) is 0. The van der Waals surface area contributed by atoms with E-state index in [1.807, 2.05) is 0 Å². The molecule has 0 atom stereocenters. The predicted molar refractivity (Wildman–Crippen MR) is 75.0 cm³/mol. The number of anilines is 1. The van der Waals surface area contributed by atoms with Gasteiger partial charge in [-0.25, -0.2) is 0 Å². The maximum absolute atomic E-state index is 11.8. The van der Waals surface area contributed by atoms with Crippen LogP contribution >= 0.6 is 0 Å². The fourth-order valence-corrected chi connectivity index (χ4v) is 2.91. The average Bonchev–Trinajstić information content (AvgIpc) is 2.41. The van der Waals surface area contributed by atoms with Crippen LogP contribution in [-0.2, 0) is 19.8 Å². The third kappa shape index (κ3) is 2.16. The summed E-state index contributed by atoms with van der Waals surface area (Å²) in [5, 5.41) is 11.9. The lowest BCUT2D eigenvalue weighted by Crippen LogP contribution is -2.51. The van der Waals surface area contributed by atoms with Crippen LogP contribution in [0.2, 0.25) is 0 Å². The van der Waals surface area contributed by atoms with Crippen molar-refractivity contribution in [2.75, 3.05) is 18.0 Å². The Morgan fingerprint density at radius 2 is 1.86 bits per heavy atom. The summed E-state index contributed by atoms with van der Waals surface area (Å²) < 4.78 is 0. The van der Waals surface area contributed by atoms with Crippen LogP contribution in [0.5, 0.6) is 0 Å². The minimum atomic E-state index is -0.796. The van der Waals surface area contributed by atoms with Crippen molar-refractivity contribution >= 4 is 23.5 Å². The SMILES string of the molecule is O=C1CN(c2ccc(C3(C(=O)O)CCC3)cc2)C(=O)CN1. The summed E-state index contributed by atoms with van der Waals surface area (Å²) in [5.41, 5.74) is 0.610. The van der Waals surface area contributed by atoms with E-state index in [1.165, 1.54) is 4.90 Å². The minimum absolute atomic E-state index is 0.000349. The standard InChI is InChI=1S/C15H16N2O4/c18-12-9-17(13(19)8-16-12)11-4-2-10(3-5-11)15(14(20)21)6-1-7-15/h2-5H,1,6-9H2,(H,16,18)(H,20,21). The van der Waals surface area contributed by atoms with Crippen LogP contribution in [0.4, 0.5) is 5.69 Å². The Labute approximate surface area is 121 Å². The molecule has 0 bridgehead atoms. The van der Waals surface area contributed by atoms with Crippen LogP contribution in [0.15, 0.2) is 24.3 Å². The van der Waals surface area contributed by atoms with Gasteiger partial charge in [-0.3, -0.25) is 14.4 Å². The van der Waals surface area contributed by atoms with E-state index < -0.39 is 11.4 Å². The largest absolute Gasteiger partial charge is 0.481 e. The summed E-state index contributed by atoms with van der Waals surface area (Å²) in [6, 6.07) is 6.94. The second-order valence-electron chi connectivity index (χ2n) is 5.54. The van der Waals surface area contributed by atoms with Gasteiger partial charge in [0.25, 0.3) is 0 Å². The van der Waals surface area contributed by atoms with Gasteiger partial charge in [0.1, 0.15) is 6.54 Å². The zero-order valence-electron chi connectivity index (χ0n) is 11.5. The van der Waals surface area contributed by atoms with Crippen LogP contribution in [-0.4, -0.2) is 36.0 Å². The van der Waals surface area contributed by atoms with Gasteiger partial charge in [0.05, 0.1) is 12.0 Å². The molecule has 1 aromatic rings. The molecule has 1 saturated carbocycles. The Morgan fingerprint density at radius 1 is 1.19 bits per heavy atom. The number of amides is 2. The monoisotopic (exact) mass is 288 g/mol. The molecular formula is C15H16N2O4. The molecular weight excluding hydrogens is 272 g/mol. The lowest BCUT2D eigenvalue weighted by Gasteiger charge is -2.38. The zero-order valence-corrected chi connectivity index (χ0v) is 11.5. The molecule has 0 unspecified atom stereocenters. The number of carbonyl (C=O) groups excluding carboxylic acids is 2. The van der Waals surface area contributed by atoms with E-state index in [4.69, 9.17) is 0 Å². The lowest BCUT2D eigenvalue weighted by atomic mass is 9.64. The van der Waals surface area contributed by atoms with Crippen LogP contribution in [0.1, 0.15) is 24.8 Å². The quantitative estimate of drug-likeness (QED) is 0.855. The van der Waals surface area contributed by atoms with Crippen LogP contribution in [0.3, 0.4) is 0 Å². The molecule has 1 aliphatic heterocycles. The summed E-state index contributed by atoms with van der Waals surface area (Å²) in [6.45, 7) is 0.00189. The van der Waals surface area contributed by atoms with E-state index in [9.17, 15) is 19.5 Å². The zero-order chi connectivity index (χ0) is 15.0. The van der Waals surface area contributed by atoms with Gasteiger partial charge in [0.15, 0.2) is 0 Å². The molecule has 3 rings (SSSR count). The Bertz CT molecular complexity index is 605. The smallest absolute Gasteiger partial charge is 0.314 e. The maximum atomic E-state index is 11.8. The second kappa shape index (κ2) is 4.87. The minimum Gasteiger partial charge on any atom is -0.481 e. The Morgan fingerprint density at radius 3 is 2.38 bits per heavy atom. The molecule has 1 saturated heterocycles. The fourth-order valence-electron chi connectivity index (χ4n) is 2.91. The second-order valence-corrected chi connectivity index (χ2v) is 5.54. The molecule has 1 heterocycles. The number of nitrogens with zero attached hydrogens (tertiary/aromatic N) is 1. The van der Waals surface area contributed by atoms with Gasteiger partial charge in [0.2, 0.25) is 11.8 Å². The fraction of sp³-hybridized carbons (Fsp3) is 0.400. The Balaban J connectivity index is 1.85. The number of piperazine rings is 1. The van der Waals surface area contributed by atoms with Gasteiger partial charge in [-0.15, -0.1) is 0 Å². The van der Waals surface area contributed by atoms with Gasteiger partial charge in [-0.2, -0.15) is 0 Å². The normalized spacial score (nSPS) is 20.7. The summed E-state index contributed by atoms with van der Waals surface area (Å²) >= 11 is 0. The highest BCUT2D eigenvalue weighted by molar-refractivity contribution is 6.04. The highest BCUT2D eigenvalue weighted by atomic mass is 16.4. The number of rotatable bonds is 3. The van der Waals surface area contributed by atoms with Crippen molar-refractivity contribution in [1.82, 2.24) is 5.32 Å². The number of hydrogen-bond donors (Lipinski definition) is 2. The molecule has 0 spiro atoms. The van der Waals surface area contributed by atoms with Crippen molar-refractivity contribution in [3.63, 3.8) is 0 Å². The van der Waals surface area contributed by atoms with Crippen molar-refractivity contribution < 1.29 is 19.5 Å². The van der Waals surface area contributed by atoms with E-state index in [0.29, 0.717) is 18.5 Å². The first-order valence-electron chi connectivity index (χ1n) is 6.94. The number of carbonyl (C=O) groups is 3.